The van der Waals surface area contributed by atoms with Crippen LogP contribution in [0.5, 0.6) is 0 Å². The first-order valence-electron chi connectivity index (χ1n) is 10.2. The number of fused-ring (bicyclic) bond motifs is 1. The zero-order valence-electron chi connectivity index (χ0n) is 17.3. The van der Waals surface area contributed by atoms with Gasteiger partial charge >= 0.3 is 5.97 Å². The van der Waals surface area contributed by atoms with Crippen LogP contribution in [0.1, 0.15) is 66.7 Å². The fraction of sp³-hybridized carbons (Fsp3) is 0.417. The van der Waals surface area contributed by atoms with Crippen LogP contribution in [-0.4, -0.2) is 24.1 Å². The number of hydrogen-bond donors (Lipinski definition) is 1. The standard InChI is InChI=1S/C24H29NO4/c1-16(2)28-15-18-11-13-20(14-12-18)24(27)29-17(3)23(26)25-22-10-6-8-19-7-4-5-9-21(19)22/h4-5,7,9,11-14,16-17,22H,6,8,10,15H2,1-3H3,(H,25,26)/t17-,22-/m0/s1. The summed E-state index contributed by atoms with van der Waals surface area (Å²) in [6, 6.07) is 15.2. The van der Waals surface area contributed by atoms with Crippen molar-refractivity contribution in [3.8, 4) is 0 Å². The summed E-state index contributed by atoms with van der Waals surface area (Å²) in [7, 11) is 0. The first-order valence-corrected chi connectivity index (χ1v) is 10.2. The summed E-state index contributed by atoms with van der Waals surface area (Å²) in [5, 5.41) is 3.04. The molecule has 0 saturated heterocycles. The first kappa shape index (κ1) is 21.1. The average molecular weight is 395 g/mol. The summed E-state index contributed by atoms with van der Waals surface area (Å²) < 4.78 is 10.9. The van der Waals surface area contributed by atoms with E-state index in [2.05, 4.69) is 17.4 Å². The molecule has 5 nitrogen and oxygen atoms in total. The van der Waals surface area contributed by atoms with E-state index in [0.29, 0.717) is 12.2 Å². The van der Waals surface area contributed by atoms with Crippen LogP contribution in [0.2, 0.25) is 0 Å². The minimum atomic E-state index is -0.861. The van der Waals surface area contributed by atoms with Crippen LogP contribution >= 0.6 is 0 Å². The number of ether oxygens (including phenoxy) is 2. The lowest BCUT2D eigenvalue weighted by molar-refractivity contribution is -0.130. The Balaban J connectivity index is 1.55. The van der Waals surface area contributed by atoms with Crippen molar-refractivity contribution in [2.24, 2.45) is 0 Å². The van der Waals surface area contributed by atoms with Crippen molar-refractivity contribution in [2.75, 3.05) is 0 Å². The van der Waals surface area contributed by atoms with Crippen molar-refractivity contribution in [1.29, 1.82) is 0 Å². The second-order valence-corrected chi connectivity index (χ2v) is 7.76. The maximum Gasteiger partial charge on any atom is 0.338 e. The molecule has 0 aliphatic heterocycles. The van der Waals surface area contributed by atoms with Gasteiger partial charge in [-0.05, 0) is 68.9 Å². The molecule has 2 aromatic carbocycles. The third kappa shape index (κ3) is 5.67. The molecule has 0 radical (unpaired) electrons. The van der Waals surface area contributed by atoms with Crippen LogP contribution in [-0.2, 0) is 27.3 Å². The van der Waals surface area contributed by atoms with Crippen molar-refractivity contribution in [3.63, 3.8) is 0 Å². The van der Waals surface area contributed by atoms with Crippen molar-refractivity contribution >= 4 is 11.9 Å². The highest BCUT2D eigenvalue weighted by molar-refractivity contribution is 5.92. The molecule has 0 bridgehead atoms. The Morgan fingerprint density at radius 3 is 2.52 bits per heavy atom. The predicted octanol–water partition coefficient (Wildman–Crippen LogP) is 4.35. The molecule has 154 valence electrons. The molecule has 1 aliphatic carbocycles. The van der Waals surface area contributed by atoms with Gasteiger partial charge in [0.1, 0.15) is 0 Å². The molecule has 3 rings (SSSR count). The zero-order chi connectivity index (χ0) is 20.8. The number of hydrogen-bond acceptors (Lipinski definition) is 4. The van der Waals surface area contributed by atoms with Gasteiger partial charge in [-0.1, -0.05) is 36.4 Å². The van der Waals surface area contributed by atoms with E-state index in [1.807, 2.05) is 38.1 Å². The second kappa shape index (κ2) is 9.70. The summed E-state index contributed by atoms with van der Waals surface area (Å²) in [5.41, 5.74) is 3.83. The Labute approximate surface area is 172 Å². The maximum atomic E-state index is 12.6. The van der Waals surface area contributed by atoms with Crippen LogP contribution in [0, 0.1) is 0 Å². The SMILES string of the molecule is CC(C)OCc1ccc(C(=O)O[C@@H](C)C(=O)N[C@H]2CCCc3ccccc32)cc1. The van der Waals surface area contributed by atoms with Gasteiger partial charge in [-0.2, -0.15) is 0 Å². The van der Waals surface area contributed by atoms with E-state index in [-0.39, 0.29) is 18.1 Å². The lowest BCUT2D eigenvalue weighted by atomic mass is 9.87. The summed E-state index contributed by atoms with van der Waals surface area (Å²) >= 11 is 0. The van der Waals surface area contributed by atoms with E-state index < -0.39 is 12.1 Å². The summed E-state index contributed by atoms with van der Waals surface area (Å²) in [5.74, 6) is -0.782. The number of nitrogens with one attached hydrogen (secondary N) is 1. The molecule has 0 heterocycles. The van der Waals surface area contributed by atoms with Crippen molar-refractivity contribution < 1.29 is 19.1 Å². The summed E-state index contributed by atoms with van der Waals surface area (Å²) in [4.78, 5) is 25.0. The average Bonchev–Trinajstić information content (AvgIpc) is 2.72. The van der Waals surface area contributed by atoms with Crippen LogP contribution in [0.4, 0.5) is 0 Å². The molecule has 0 unspecified atom stereocenters. The molecule has 2 aromatic rings. The number of benzene rings is 2. The molecule has 0 aromatic heterocycles. The molecule has 1 amide bonds. The van der Waals surface area contributed by atoms with Crippen LogP contribution < -0.4 is 5.32 Å². The normalized spacial score (nSPS) is 16.8. The van der Waals surface area contributed by atoms with Gasteiger partial charge in [0.05, 0.1) is 24.3 Å². The summed E-state index contributed by atoms with van der Waals surface area (Å²) in [6.45, 7) is 6.05. The molecule has 1 aliphatic rings. The Kier molecular flexibility index (Phi) is 7.04. The number of rotatable bonds is 7. The number of esters is 1. The van der Waals surface area contributed by atoms with Gasteiger partial charge in [-0.3, -0.25) is 4.79 Å². The highest BCUT2D eigenvalue weighted by atomic mass is 16.5. The van der Waals surface area contributed by atoms with E-state index in [9.17, 15) is 9.59 Å². The Bertz CT molecular complexity index is 844. The van der Waals surface area contributed by atoms with Crippen LogP contribution in [0.15, 0.2) is 48.5 Å². The van der Waals surface area contributed by atoms with Gasteiger partial charge in [0.15, 0.2) is 6.10 Å². The molecule has 29 heavy (non-hydrogen) atoms. The van der Waals surface area contributed by atoms with E-state index in [0.717, 1.165) is 30.4 Å². The summed E-state index contributed by atoms with van der Waals surface area (Å²) in [6.07, 6.45) is 2.24. The highest BCUT2D eigenvalue weighted by Crippen LogP contribution is 2.29. The first-order chi connectivity index (χ1) is 13.9. The minimum absolute atomic E-state index is 0.0335. The van der Waals surface area contributed by atoms with Gasteiger partial charge < -0.3 is 14.8 Å². The van der Waals surface area contributed by atoms with Crippen molar-refractivity contribution in [2.45, 2.75) is 64.9 Å². The third-order valence-electron chi connectivity index (χ3n) is 5.11. The molecule has 1 N–H and O–H groups in total. The quantitative estimate of drug-likeness (QED) is 0.708. The van der Waals surface area contributed by atoms with Gasteiger partial charge in [0.2, 0.25) is 0 Å². The van der Waals surface area contributed by atoms with Crippen LogP contribution in [0.25, 0.3) is 0 Å². The number of aryl methyl sites for hydroxylation is 1. The smallest absolute Gasteiger partial charge is 0.338 e. The zero-order valence-corrected chi connectivity index (χ0v) is 17.3. The lowest BCUT2D eigenvalue weighted by Crippen LogP contribution is -2.39. The monoisotopic (exact) mass is 395 g/mol. The molecule has 5 heteroatoms. The van der Waals surface area contributed by atoms with E-state index in [4.69, 9.17) is 9.47 Å². The van der Waals surface area contributed by atoms with Gasteiger partial charge in [-0.15, -0.1) is 0 Å². The highest BCUT2D eigenvalue weighted by Gasteiger charge is 2.25. The van der Waals surface area contributed by atoms with Gasteiger partial charge in [0.25, 0.3) is 5.91 Å². The number of carbonyl (C=O) groups excluding carboxylic acids is 2. The largest absolute Gasteiger partial charge is 0.449 e. The molecule has 0 fully saturated rings. The predicted molar refractivity (Wildman–Crippen MR) is 112 cm³/mol. The fourth-order valence-electron chi connectivity index (χ4n) is 3.48. The number of carbonyl (C=O) groups is 2. The maximum absolute atomic E-state index is 12.6. The lowest BCUT2D eigenvalue weighted by Gasteiger charge is -2.27. The van der Waals surface area contributed by atoms with Gasteiger partial charge in [0, 0.05) is 0 Å². The third-order valence-corrected chi connectivity index (χ3v) is 5.11. The molecular formula is C24H29NO4. The fourth-order valence-corrected chi connectivity index (χ4v) is 3.48. The molecule has 0 saturated carbocycles. The second-order valence-electron chi connectivity index (χ2n) is 7.76. The molecule has 0 spiro atoms. The number of amides is 1. The molecular weight excluding hydrogens is 366 g/mol. The van der Waals surface area contributed by atoms with Crippen molar-refractivity contribution in [3.05, 3.63) is 70.8 Å². The topological polar surface area (TPSA) is 64.6 Å². The van der Waals surface area contributed by atoms with Crippen molar-refractivity contribution in [1.82, 2.24) is 5.32 Å². The Morgan fingerprint density at radius 2 is 1.79 bits per heavy atom. The Hall–Kier alpha value is -2.66. The van der Waals surface area contributed by atoms with Crippen LogP contribution in [0.3, 0.4) is 0 Å². The van der Waals surface area contributed by atoms with E-state index in [1.165, 1.54) is 5.56 Å². The van der Waals surface area contributed by atoms with E-state index in [1.54, 1.807) is 19.1 Å². The van der Waals surface area contributed by atoms with E-state index >= 15 is 0 Å². The minimum Gasteiger partial charge on any atom is -0.449 e. The Morgan fingerprint density at radius 1 is 1.07 bits per heavy atom. The molecule has 2 atom stereocenters. The van der Waals surface area contributed by atoms with Gasteiger partial charge in [-0.25, -0.2) is 4.79 Å².